The zero-order chi connectivity index (χ0) is 19.2. The maximum atomic E-state index is 12.4. The van der Waals surface area contributed by atoms with Crippen molar-refractivity contribution in [3.8, 4) is 11.5 Å². The van der Waals surface area contributed by atoms with Crippen LogP contribution in [0.1, 0.15) is 15.9 Å². The van der Waals surface area contributed by atoms with Gasteiger partial charge < -0.3 is 20.9 Å². The van der Waals surface area contributed by atoms with Gasteiger partial charge in [-0.3, -0.25) is 4.79 Å². The standard InChI is InChI=1S/C21H19N3O3/c1-27-20-11-5-15(13-18(20)22)19(26)10-4-14-3-2-12-23-21(14)24-16-6-8-17(25)9-7-16/h2-13,25H,22H2,1H3,(H,23,24). The first kappa shape index (κ1) is 18.0. The number of methoxy groups -OCH3 is 1. The van der Waals surface area contributed by atoms with E-state index < -0.39 is 0 Å². The topological polar surface area (TPSA) is 97.5 Å². The van der Waals surface area contributed by atoms with Crippen LogP contribution in [-0.2, 0) is 0 Å². The van der Waals surface area contributed by atoms with Gasteiger partial charge in [-0.25, -0.2) is 4.98 Å². The van der Waals surface area contributed by atoms with E-state index in [9.17, 15) is 9.90 Å². The number of carbonyl (C=O) groups excluding carboxylic acids is 1. The fraction of sp³-hybridized carbons (Fsp3) is 0.0476. The van der Waals surface area contributed by atoms with E-state index in [0.29, 0.717) is 22.8 Å². The van der Waals surface area contributed by atoms with Crippen molar-refractivity contribution in [2.75, 3.05) is 18.2 Å². The number of hydrogen-bond acceptors (Lipinski definition) is 6. The minimum absolute atomic E-state index is 0.177. The molecule has 0 atom stereocenters. The van der Waals surface area contributed by atoms with Gasteiger partial charge in [0.25, 0.3) is 0 Å². The van der Waals surface area contributed by atoms with Crippen LogP contribution in [0.5, 0.6) is 11.5 Å². The summed E-state index contributed by atoms with van der Waals surface area (Å²) in [6, 6.07) is 15.2. The Morgan fingerprint density at radius 3 is 2.67 bits per heavy atom. The number of aromatic nitrogens is 1. The average Bonchev–Trinajstić information content (AvgIpc) is 2.68. The number of allylic oxidation sites excluding steroid dienone is 1. The molecule has 2 aromatic carbocycles. The van der Waals surface area contributed by atoms with Crippen molar-refractivity contribution < 1.29 is 14.6 Å². The van der Waals surface area contributed by atoms with Crippen LogP contribution in [0.2, 0.25) is 0 Å². The molecule has 0 spiro atoms. The van der Waals surface area contributed by atoms with Crippen LogP contribution in [0.15, 0.2) is 66.9 Å². The van der Waals surface area contributed by atoms with E-state index in [-0.39, 0.29) is 11.5 Å². The third-order valence-electron chi connectivity index (χ3n) is 3.90. The van der Waals surface area contributed by atoms with Crippen LogP contribution >= 0.6 is 0 Å². The number of aromatic hydroxyl groups is 1. The summed E-state index contributed by atoms with van der Waals surface area (Å²) in [4.78, 5) is 16.7. The Labute approximate surface area is 156 Å². The molecule has 0 radical (unpaired) electrons. The molecule has 0 fully saturated rings. The van der Waals surface area contributed by atoms with Gasteiger partial charge in [0.05, 0.1) is 12.8 Å². The molecule has 0 saturated heterocycles. The Hall–Kier alpha value is -3.80. The van der Waals surface area contributed by atoms with E-state index in [1.807, 2.05) is 6.07 Å². The van der Waals surface area contributed by atoms with Gasteiger partial charge >= 0.3 is 0 Å². The van der Waals surface area contributed by atoms with E-state index in [1.54, 1.807) is 60.8 Å². The molecule has 0 aliphatic carbocycles. The van der Waals surface area contributed by atoms with Crippen molar-refractivity contribution >= 4 is 29.1 Å². The minimum atomic E-state index is -0.177. The van der Waals surface area contributed by atoms with Crippen molar-refractivity contribution in [3.63, 3.8) is 0 Å². The molecule has 0 unspecified atom stereocenters. The number of nitrogens with one attached hydrogen (secondary N) is 1. The van der Waals surface area contributed by atoms with Gasteiger partial charge in [0.15, 0.2) is 5.78 Å². The van der Waals surface area contributed by atoms with Crippen molar-refractivity contribution in [2.24, 2.45) is 0 Å². The van der Waals surface area contributed by atoms with Crippen LogP contribution in [0.4, 0.5) is 17.2 Å². The van der Waals surface area contributed by atoms with Crippen LogP contribution in [0.25, 0.3) is 6.08 Å². The molecular formula is C21H19N3O3. The van der Waals surface area contributed by atoms with Crippen molar-refractivity contribution in [2.45, 2.75) is 0 Å². The zero-order valence-electron chi connectivity index (χ0n) is 14.7. The molecule has 0 saturated carbocycles. The Morgan fingerprint density at radius 2 is 1.96 bits per heavy atom. The van der Waals surface area contributed by atoms with Crippen LogP contribution in [-0.4, -0.2) is 23.0 Å². The molecule has 3 rings (SSSR count). The first-order valence-corrected chi connectivity index (χ1v) is 8.24. The van der Waals surface area contributed by atoms with Crippen LogP contribution < -0.4 is 15.8 Å². The number of benzene rings is 2. The Bertz CT molecular complexity index is 982. The summed E-state index contributed by atoms with van der Waals surface area (Å²) < 4.78 is 5.10. The average molecular weight is 361 g/mol. The van der Waals surface area contributed by atoms with Crippen molar-refractivity contribution in [3.05, 3.63) is 78.0 Å². The van der Waals surface area contributed by atoms with E-state index >= 15 is 0 Å². The predicted octanol–water partition coefficient (Wildman–Crippen LogP) is 4.02. The fourth-order valence-electron chi connectivity index (χ4n) is 2.49. The number of anilines is 3. The Kier molecular flexibility index (Phi) is 5.37. The molecule has 0 aliphatic rings. The molecule has 27 heavy (non-hydrogen) atoms. The lowest BCUT2D eigenvalue weighted by Gasteiger charge is -2.08. The molecule has 136 valence electrons. The second-order valence-electron chi connectivity index (χ2n) is 5.77. The first-order chi connectivity index (χ1) is 13.1. The van der Waals surface area contributed by atoms with Gasteiger partial charge in [-0.15, -0.1) is 0 Å². The lowest BCUT2D eigenvalue weighted by atomic mass is 10.1. The third kappa shape index (κ3) is 4.43. The van der Waals surface area contributed by atoms with Gasteiger partial charge in [-0.2, -0.15) is 0 Å². The van der Waals surface area contributed by atoms with Gasteiger partial charge in [0, 0.05) is 23.0 Å². The molecule has 1 aromatic heterocycles. The number of hydrogen-bond donors (Lipinski definition) is 3. The third-order valence-corrected chi connectivity index (χ3v) is 3.90. The maximum absolute atomic E-state index is 12.4. The van der Waals surface area contributed by atoms with Crippen molar-refractivity contribution in [1.82, 2.24) is 4.98 Å². The number of phenols is 1. The summed E-state index contributed by atoms with van der Waals surface area (Å²) in [6.45, 7) is 0. The highest BCUT2D eigenvalue weighted by atomic mass is 16.5. The fourth-order valence-corrected chi connectivity index (χ4v) is 2.49. The number of phenolic OH excluding ortho intramolecular Hbond substituents is 1. The lowest BCUT2D eigenvalue weighted by molar-refractivity contribution is 0.104. The number of ketones is 1. The predicted molar refractivity (Wildman–Crippen MR) is 106 cm³/mol. The molecule has 0 aliphatic heterocycles. The molecule has 6 heteroatoms. The molecule has 1 heterocycles. The lowest BCUT2D eigenvalue weighted by Crippen LogP contribution is -1.99. The smallest absolute Gasteiger partial charge is 0.185 e. The van der Waals surface area contributed by atoms with E-state index in [2.05, 4.69) is 10.3 Å². The normalized spacial score (nSPS) is 10.7. The Morgan fingerprint density at radius 1 is 1.19 bits per heavy atom. The number of pyridine rings is 1. The number of nitrogens with two attached hydrogens (primary N) is 1. The van der Waals surface area contributed by atoms with Gasteiger partial charge in [-0.05, 0) is 66.7 Å². The molecule has 0 amide bonds. The largest absolute Gasteiger partial charge is 0.508 e. The summed E-state index contributed by atoms with van der Waals surface area (Å²) in [5, 5.41) is 12.5. The van der Waals surface area contributed by atoms with E-state index in [4.69, 9.17) is 10.5 Å². The minimum Gasteiger partial charge on any atom is -0.508 e. The van der Waals surface area contributed by atoms with Crippen LogP contribution in [0.3, 0.4) is 0 Å². The van der Waals surface area contributed by atoms with Crippen LogP contribution in [0, 0.1) is 0 Å². The maximum Gasteiger partial charge on any atom is 0.185 e. The molecule has 0 bridgehead atoms. The van der Waals surface area contributed by atoms with Gasteiger partial charge in [0.2, 0.25) is 0 Å². The number of nitrogens with zero attached hydrogens (tertiary/aromatic N) is 1. The SMILES string of the molecule is COc1ccc(C(=O)C=Cc2cccnc2Nc2ccc(O)cc2)cc1N. The summed E-state index contributed by atoms with van der Waals surface area (Å²) in [7, 11) is 1.53. The van der Waals surface area contributed by atoms with E-state index in [0.717, 1.165) is 11.3 Å². The van der Waals surface area contributed by atoms with Gasteiger partial charge in [0.1, 0.15) is 17.3 Å². The second kappa shape index (κ2) is 8.05. The summed E-state index contributed by atoms with van der Waals surface area (Å²) >= 11 is 0. The zero-order valence-corrected chi connectivity index (χ0v) is 14.7. The quantitative estimate of drug-likeness (QED) is 0.266. The summed E-state index contributed by atoms with van der Waals surface area (Å²) in [5.41, 5.74) is 8.27. The number of carbonyl (C=O) groups is 1. The monoisotopic (exact) mass is 361 g/mol. The van der Waals surface area contributed by atoms with Gasteiger partial charge in [-0.1, -0.05) is 0 Å². The van der Waals surface area contributed by atoms with E-state index in [1.165, 1.54) is 13.2 Å². The number of rotatable bonds is 6. The number of ether oxygens (including phenoxy) is 1. The second-order valence-corrected chi connectivity index (χ2v) is 5.77. The van der Waals surface area contributed by atoms with Crippen molar-refractivity contribution in [1.29, 1.82) is 0 Å². The molecular weight excluding hydrogens is 342 g/mol. The highest BCUT2D eigenvalue weighted by molar-refractivity contribution is 6.07. The molecule has 6 nitrogen and oxygen atoms in total. The Balaban J connectivity index is 1.79. The summed E-state index contributed by atoms with van der Waals surface area (Å²) in [5.74, 6) is 1.14. The number of nitrogen functional groups attached to an aromatic ring is 1. The molecule has 4 N–H and O–H groups in total. The highest BCUT2D eigenvalue weighted by Crippen LogP contribution is 2.24. The molecule has 3 aromatic rings. The highest BCUT2D eigenvalue weighted by Gasteiger charge is 2.07. The first-order valence-electron chi connectivity index (χ1n) is 8.24. The summed E-state index contributed by atoms with van der Waals surface area (Å²) in [6.07, 6.45) is 4.82.